The molecule has 1 atom stereocenters. The minimum atomic E-state index is -1.30. The van der Waals surface area contributed by atoms with Gasteiger partial charge in [0.15, 0.2) is 0 Å². The predicted octanol–water partition coefficient (Wildman–Crippen LogP) is -0.870. The summed E-state index contributed by atoms with van der Waals surface area (Å²) < 4.78 is 0. The number of amides is 2. The third-order valence-electron chi connectivity index (χ3n) is 1.86. The molecule has 0 aliphatic rings. The van der Waals surface area contributed by atoms with Crippen molar-refractivity contribution in [3.63, 3.8) is 0 Å². The first-order valence-electron chi connectivity index (χ1n) is 4.66. The van der Waals surface area contributed by atoms with E-state index in [0.717, 1.165) is 0 Å². The number of carboxylic acids is 1. The van der Waals surface area contributed by atoms with E-state index in [2.05, 4.69) is 10.3 Å². The molecule has 0 aliphatic carbocycles. The molecule has 0 radical (unpaired) electrons. The number of aromatic nitrogens is 1. The summed E-state index contributed by atoms with van der Waals surface area (Å²) in [5.41, 5.74) is 7.00. The van der Waals surface area contributed by atoms with E-state index in [0.29, 0.717) is 5.69 Å². The van der Waals surface area contributed by atoms with Gasteiger partial charge in [0.1, 0.15) is 6.04 Å². The topological polar surface area (TPSA) is 122 Å². The monoisotopic (exact) mass is 257 g/mol. The second-order valence-electron chi connectivity index (χ2n) is 3.29. The van der Waals surface area contributed by atoms with E-state index in [-0.39, 0.29) is 6.42 Å². The summed E-state index contributed by atoms with van der Waals surface area (Å²) in [6.07, 6.45) is -0.454. The highest BCUT2D eigenvalue weighted by Crippen LogP contribution is 2.02. The highest BCUT2D eigenvalue weighted by atomic mass is 32.1. The Morgan fingerprint density at radius 2 is 2.24 bits per heavy atom. The first-order chi connectivity index (χ1) is 7.99. The van der Waals surface area contributed by atoms with E-state index in [9.17, 15) is 14.4 Å². The third-order valence-corrected chi connectivity index (χ3v) is 2.50. The van der Waals surface area contributed by atoms with Gasteiger partial charge in [-0.05, 0) is 0 Å². The standard InChI is InChI=1S/C9H11N3O4S/c10-7(13)2-6(9(15)16)12-8(14)1-5-3-17-4-11-5/h3-4,6H,1-2H2,(H2,10,13)(H,12,14)(H,15,16). The van der Waals surface area contributed by atoms with Crippen LogP contribution >= 0.6 is 11.3 Å². The van der Waals surface area contributed by atoms with Crippen molar-refractivity contribution in [1.29, 1.82) is 0 Å². The minimum absolute atomic E-state index is 0.0218. The van der Waals surface area contributed by atoms with Crippen LogP contribution in [0, 0.1) is 0 Å². The normalized spacial score (nSPS) is 11.8. The van der Waals surface area contributed by atoms with E-state index < -0.39 is 30.2 Å². The lowest BCUT2D eigenvalue weighted by molar-refractivity contribution is -0.143. The molecule has 0 saturated heterocycles. The molecule has 1 unspecified atom stereocenters. The maximum absolute atomic E-state index is 11.4. The van der Waals surface area contributed by atoms with Crippen molar-refractivity contribution in [2.24, 2.45) is 5.73 Å². The predicted molar refractivity (Wildman–Crippen MR) is 59.2 cm³/mol. The summed E-state index contributed by atoms with van der Waals surface area (Å²) >= 11 is 1.34. The van der Waals surface area contributed by atoms with Gasteiger partial charge in [-0.15, -0.1) is 11.3 Å². The Morgan fingerprint density at radius 3 is 2.71 bits per heavy atom. The number of aliphatic carboxylic acids is 1. The molecule has 0 saturated carbocycles. The number of thiazole rings is 1. The molecule has 2 amide bonds. The highest BCUT2D eigenvalue weighted by molar-refractivity contribution is 7.07. The molecule has 1 aromatic rings. The van der Waals surface area contributed by atoms with Crippen LogP contribution in [0.25, 0.3) is 0 Å². The van der Waals surface area contributed by atoms with Crippen LogP contribution in [0.1, 0.15) is 12.1 Å². The average molecular weight is 257 g/mol. The zero-order valence-electron chi connectivity index (χ0n) is 8.75. The zero-order valence-corrected chi connectivity index (χ0v) is 9.57. The lowest BCUT2D eigenvalue weighted by atomic mass is 10.2. The Hall–Kier alpha value is -1.96. The fourth-order valence-corrected chi connectivity index (χ4v) is 1.69. The highest BCUT2D eigenvalue weighted by Gasteiger charge is 2.22. The number of carboxylic acid groups (broad SMARTS) is 1. The van der Waals surface area contributed by atoms with E-state index in [4.69, 9.17) is 10.8 Å². The SMILES string of the molecule is NC(=O)CC(NC(=O)Cc1cscn1)C(=O)O. The van der Waals surface area contributed by atoms with Gasteiger partial charge in [-0.1, -0.05) is 0 Å². The maximum Gasteiger partial charge on any atom is 0.326 e. The van der Waals surface area contributed by atoms with Crippen molar-refractivity contribution in [2.45, 2.75) is 18.9 Å². The molecule has 1 aromatic heterocycles. The Balaban J connectivity index is 2.52. The maximum atomic E-state index is 11.4. The summed E-state index contributed by atoms with van der Waals surface area (Å²) in [5.74, 6) is -2.59. The molecule has 0 aromatic carbocycles. The number of rotatable bonds is 6. The molecular weight excluding hydrogens is 246 g/mol. The van der Waals surface area contributed by atoms with Crippen LogP contribution in [-0.4, -0.2) is 33.9 Å². The van der Waals surface area contributed by atoms with Gasteiger partial charge in [-0.3, -0.25) is 9.59 Å². The van der Waals surface area contributed by atoms with E-state index in [1.807, 2.05) is 0 Å². The van der Waals surface area contributed by atoms with E-state index >= 15 is 0 Å². The molecule has 4 N–H and O–H groups in total. The van der Waals surface area contributed by atoms with Gasteiger partial charge in [0.25, 0.3) is 0 Å². The molecule has 8 heteroatoms. The zero-order chi connectivity index (χ0) is 12.8. The van der Waals surface area contributed by atoms with Gasteiger partial charge >= 0.3 is 5.97 Å². The number of carbonyl (C=O) groups excluding carboxylic acids is 2. The van der Waals surface area contributed by atoms with E-state index in [1.54, 1.807) is 10.9 Å². The number of nitrogens with zero attached hydrogens (tertiary/aromatic N) is 1. The first-order valence-corrected chi connectivity index (χ1v) is 5.61. The molecule has 0 fully saturated rings. The largest absolute Gasteiger partial charge is 0.480 e. The van der Waals surface area contributed by atoms with Crippen LogP contribution < -0.4 is 11.1 Å². The van der Waals surface area contributed by atoms with Crippen molar-refractivity contribution in [2.75, 3.05) is 0 Å². The van der Waals surface area contributed by atoms with Crippen LogP contribution in [0.4, 0.5) is 0 Å². The van der Waals surface area contributed by atoms with Gasteiger partial charge in [0.05, 0.1) is 24.0 Å². The number of hydrogen-bond donors (Lipinski definition) is 3. The van der Waals surface area contributed by atoms with Crippen molar-refractivity contribution >= 4 is 29.1 Å². The summed E-state index contributed by atoms with van der Waals surface area (Å²) in [6.45, 7) is 0. The van der Waals surface area contributed by atoms with E-state index in [1.165, 1.54) is 11.3 Å². The molecule has 7 nitrogen and oxygen atoms in total. The van der Waals surface area contributed by atoms with Crippen LogP contribution in [0.3, 0.4) is 0 Å². The quantitative estimate of drug-likeness (QED) is 0.611. The second kappa shape index (κ2) is 5.94. The average Bonchev–Trinajstić information content (AvgIpc) is 2.68. The number of nitrogens with one attached hydrogen (secondary N) is 1. The molecule has 0 bridgehead atoms. The third kappa shape index (κ3) is 4.60. The van der Waals surface area contributed by atoms with Crippen molar-refractivity contribution in [1.82, 2.24) is 10.3 Å². The van der Waals surface area contributed by atoms with Crippen LogP contribution in [0.15, 0.2) is 10.9 Å². The number of carbonyl (C=O) groups is 3. The molecule has 1 rings (SSSR count). The fraction of sp³-hybridized carbons (Fsp3) is 0.333. The molecule has 1 heterocycles. The summed E-state index contributed by atoms with van der Waals surface area (Å²) in [6, 6.07) is -1.29. The van der Waals surface area contributed by atoms with Crippen molar-refractivity contribution in [3.05, 3.63) is 16.6 Å². The van der Waals surface area contributed by atoms with Gasteiger partial charge in [0, 0.05) is 5.38 Å². The van der Waals surface area contributed by atoms with Crippen LogP contribution in [0.5, 0.6) is 0 Å². The lowest BCUT2D eigenvalue weighted by Crippen LogP contribution is -2.43. The van der Waals surface area contributed by atoms with Crippen LogP contribution in [0.2, 0.25) is 0 Å². The minimum Gasteiger partial charge on any atom is -0.480 e. The molecule has 17 heavy (non-hydrogen) atoms. The summed E-state index contributed by atoms with van der Waals surface area (Å²) in [4.78, 5) is 36.7. The van der Waals surface area contributed by atoms with Crippen molar-refractivity contribution < 1.29 is 19.5 Å². The fourth-order valence-electron chi connectivity index (χ4n) is 1.14. The number of nitrogens with two attached hydrogens (primary N) is 1. The Labute approximate surface area is 101 Å². The van der Waals surface area contributed by atoms with Gasteiger partial charge in [0.2, 0.25) is 11.8 Å². The second-order valence-corrected chi connectivity index (χ2v) is 4.00. The van der Waals surface area contributed by atoms with Gasteiger partial charge in [-0.2, -0.15) is 0 Å². The lowest BCUT2D eigenvalue weighted by Gasteiger charge is -2.11. The van der Waals surface area contributed by atoms with Crippen LogP contribution in [-0.2, 0) is 20.8 Å². The number of primary amides is 1. The van der Waals surface area contributed by atoms with Crippen molar-refractivity contribution in [3.8, 4) is 0 Å². The molecule has 0 aliphatic heterocycles. The number of hydrogen-bond acceptors (Lipinski definition) is 5. The Morgan fingerprint density at radius 1 is 1.53 bits per heavy atom. The molecule has 92 valence electrons. The van der Waals surface area contributed by atoms with Gasteiger partial charge < -0.3 is 16.2 Å². The Bertz CT molecular complexity index is 418. The molecular formula is C9H11N3O4S. The first kappa shape index (κ1) is 13.1. The summed E-state index contributed by atoms with van der Waals surface area (Å²) in [5, 5.41) is 12.7. The molecule has 0 spiro atoms. The summed E-state index contributed by atoms with van der Waals surface area (Å²) in [7, 11) is 0. The Kier molecular flexibility index (Phi) is 4.58. The smallest absolute Gasteiger partial charge is 0.326 e. The van der Waals surface area contributed by atoms with Gasteiger partial charge in [-0.25, -0.2) is 9.78 Å².